The first-order valence-corrected chi connectivity index (χ1v) is 10.9. The van der Waals surface area contributed by atoms with Gasteiger partial charge in [0.25, 0.3) is 0 Å². The third kappa shape index (κ3) is 8.06. The van der Waals surface area contributed by atoms with E-state index in [-0.39, 0.29) is 30.5 Å². The Labute approximate surface area is 177 Å². The van der Waals surface area contributed by atoms with E-state index in [4.69, 9.17) is 5.11 Å². The summed E-state index contributed by atoms with van der Waals surface area (Å²) in [5, 5.41) is 39.4. The van der Waals surface area contributed by atoms with E-state index in [1.165, 1.54) is 6.07 Å². The Kier molecular flexibility index (Phi) is 10.3. The molecule has 0 saturated heterocycles. The minimum atomic E-state index is -0.849. The first-order chi connectivity index (χ1) is 14.4. The molecule has 0 bridgehead atoms. The zero-order chi connectivity index (χ0) is 21.9. The van der Waals surface area contributed by atoms with Crippen molar-refractivity contribution in [1.29, 1.82) is 0 Å². The molecule has 0 radical (unpaired) electrons. The zero-order valence-corrected chi connectivity index (χ0v) is 17.3. The molecule has 1 fully saturated rings. The standard InChI is InChI=1S/C24H33FO5/c25-21-12-6-5-8-17(21)9-7-10-18(26)14-15-20-19(22(27)16-23(20)28)11-3-1-2-4-13-24(29)30/h5-6,8,12,18-20,22-23,26-28H,1-4,9,11,13-16H2,(H,29,30). The van der Waals surface area contributed by atoms with Crippen LogP contribution in [0, 0.1) is 29.5 Å². The molecule has 5 nitrogen and oxygen atoms in total. The second kappa shape index (κ2) is 12.7. The summed E-state index contributed by atoms with van der Waals surface area (Å²) in [6, 6.07) is 6.41. The minimum Gasteiger partial charge on any atom is -0.481 e. The number of hydrogen-bond donors (Lipinski definition) is 4. The fraction of sp³-hybridized carbons (Fsp3) is 0.625. The number of aliphatic hydroxyl groups excluding tert-OH is 3. The van der Waals surface area contributed by atoms with Gasteiger partial charge in [0.15, 0.2) is 0 Å². The third-order valence-corrected chi connectivity index (χ3v) is 5.98. The number of aliphatic carboxylic acids is 1. The van der Waals surface area contributed by atoms with E-state index >= 15 is 0 Å². The van der Waals surface area contributed by atoms with E-state index in [1.807, 2.05) is 0 Å². The van der Waals surface area contributed by atoms with Gasteiger partial charge in [-0.15, -0.1) is 0 Å². The van der Waals surface area contributed by atoms with Gasteiger partial charge in [0.05, 0.1) is 12.2 Å². The monoisotopic (exact) mass is 420 g/mol. The zero-order valence-electron chi connectivity index (χ0n) is 17.3. The molecule has 2 rings (SSSR count). The quantitative estimate of drug-likeness (QED) is 0.325. The van der Waals surface area contributed by atoms with E-state index < -0.39 is 24.3 Å². The molecule has 1 aromatic rings. The van der Waals surface area contributed by atoms with Crippen LogP contribution in [0.2, 0.25) is 0 Å². The Morgan fingerprint density at radius 2 is 1.73 bits per heavy atom. The van der Waals surface area contributed by atoms with E-state index in [2.05, 4.69) is 11.8 Å². The molecule has 5 unspecified atom stereocenters. The van der Waals surface area contributed by atoms with Crippen molar-refractivity contribution in [2.75, 3.05) is 0 Å². The van der Waals surface area contributed by atoms with Crippen molar-refractivity contribution in [2.24, 2.45) is 11.8 Å². The molecule has 0 heterocycles. The van der Waals surface area contributed by atoms with Crippen LogP contribution < -0.4 is 0 Å². The summed E-state index contributed by atoms with van der Waals surface area (Å²) in [7, 11) is 0. The highest BCUT2D eigenvalue weighted by Crippen LogP contribution is 2.39. The van der Waals surface area contributed by atoms with E-state index in [0.29, 0.717) is 31.2 Å². The molecule has 0 amide bonds. The van der Waals surface area contributed by atoms with Gasteiger partial charge in [-0.3, -0.25) is 4.79 Å². The second-order valence-corrected chi connectivity index (χ2v) is 8.23. The summed E-state index contributed by atoms with van der Waals surface area (Å²) < 4.78 is 13.6. The Bertz CT molecular complexity index is 726. The molecule has 0 aliphatic heterocycles. The maximum Gasteiger partial charge on any atom is 0.303 e. The molecule has 30 heavy (non-hydrogen) atoms. The van der Waals surface area contributed by atoms with Gasteiger partial charge in [0, 0.05) is 12.8 Å². The van der Waals surface area contributed by atoms with Crippen molar-refractivity contribution in [3.05, 3.63) is 35.6 Å². The van der Waals surface area contributed by atoms with Crippen molar-refractivity contribution >= 4 is 5.97 Å². The molecule has 5 atom stereocenters. The fourth-order valence-corrected chi connectivity index (χ4v) is 4.32. The van der Waals surface area contributed by atoms with Gasteiger partial charge in [-0.2, -0.15) is 0 Å². The van der Waals surface area contributed by atoms with Gasteiger partial charge in [0.1, 0.15) is 11.9 Å². The summed E-state index contributed by atoms with van der Waals surface area (Å²) in [5.74, 6) is 4.38. The lowest BCUT2D eigenvalue weighted by Crippen LogP contribution is -2.23. The highest BCUT2D eigenvalue weighted by Gasteiger charge is 2.40. The smallest absolute Gasteiger partial charge is 0.303 e. The summed E-state index contributed by atoms with van der Waals surface area (Å²) in [4.78, 5) is 10.5. The van der Waals surface area contributed by atoms with Gasteiger partial charge in [0.2, 0.25) is 0 Å². The number of benzene rings is 1. The molecule has 6 heteroatoms. The number of unbranched alkanes of at least 4 members (excludes halogenated alkanes) is 3. The highest BCUT2D eigenvalue weighted by molar-refractivity contribution is 5.66. The lowest BCUT2D eigenvalue weighted by atomic mass is 9.85. The maximum absolute atomic E-state index is 13.6. The number of carboxylic acid groups (broad SMARTS) is 1. The SMILES string of the molecule is O=C(O)CCCCCCC1C(O)CC(O)C1CCC(O)C#CCc1ccccc1F. The molecule has 1 saturated carbocycles. The molecule has 0 aromatic heterocycles. The Morgan fingerprint density at radius 3 is 2.43 bits per heavy atom. The Balaban J connectivity index is 1.75. The van der Waals surface area contributed by atoms with Gasteiger partial charge in [-0.05, 0) is 55.6 Å². The molecular formula is C24H33FO5. The molecular weight excluding hydrogens is 387 g/mol. The van der Waals surface area contributed by atoms with Gasteiger partial charge in [-0.1, -0.05) is 49.3 Å². The number of aliphatic hydroxyl groups is 3. The molecule has 1 aromatic carbocycles. The van der Waals surface area contributed by atoms with Crippen LogP contribution in [0.3, 0.4) is 0 Å². The number of halogens is 1. The molecule has 1 aliphatic carbocycles. The summed E-state index contributed by atoms with van der Waals surface area (Å²) >= 11 is 0. The fourth-order valence-electron chi connectivity index (χ4n) is 4.32. The van der Waals surface area contributed by atoms with Crippen molar-refractivity contribution < 1.29 is 29.6 Å². The third-order valence-electron chi connectivity index (χ3n) is 5.98. The van der Waals surface area contributed by atoms with Crippen LogP contribution in [0.15, 0.2) is 24.3 Å². The number of rotatable bonds is 11. The largest absolute Gasteiger partial charge is 0.481 e. The lowest BCUT2D eigenvalue weighted by Gasteiger charge is -2.24. The Hall–Kier alpha value is -1.94. The number of carbonyl (C=O) groups is 1. The van der Waals surface area contributed by atoms with Gasteiger partial charge < -0.3 is 20.4 Å². The first-order valence-electron chi connectivity index (χ1n) is 10.9. The van der Waals surface area contributed by atoms with Crippen molar-refractivity contribution in [1.82, 2.24) is 0 Å². The average molecular weight is 421 g/mol. The molecule has 0 spiro atoms. The molecule has 1 aliphatic rings. The van der Waals surface area contributed by atoms with Crippen LogP contribution in [0.5, 0.6) is 0 Å². The van der Waals surface area contributed by atoms with Crippen LogP contribution in [0.4, 0.5) is 4.39 Å². The molecule has 166 valence electrons. The van der Waals surface area contributed by atoms with E-state index in [9.17, 15) is 24.5 Å². The van der Waals surface area contributed by atoms with Gasteiger partial charge in [-0.25, -0.2) is 4.39 Å². The summed E-state index contributed by atoms with van der Waals surface area (Å²) in [6.45, 7) is 0. The van der Waals surface area contributed by atoms with Crippen LogP contribution in [-0.2, 0) is 11.2 Å². The maximum atomic E-state index is 13.6. The molecule has 4 N–H and O–H groups in total. The average Bonchev–Trinajstić information content (AvgIpc) is 2.96. The van der Waals surface area contributed by atoms with E-state index in [0.717, 1.165) is 25.7 Å². The predicted octanol–water partition coefficient (Wildman–Crippen LogP) is 3.30. The van der Waals surface area contributed by atoms with Crippen LogP contribution in [-0.4, -0.2) is 44.7 Å². The van der Waals surface area contributed by atoms with Gasteiger partial charge >= 0.3 is 5.97 Å². The lowest BCUT2D eigenvalue weighted by molar-refractivity contribution is -0.137. The van der Waals surface area contributed by atoms with Crippen LogP contribution >= 0.6 is 0 Å². The summed E-state index contributed by atoms with van der Waals surface area (Å²) in [5.41, 5.74) is 0.495. The Morgan fingerprint density at radius 1 is 1.07 bits per heavy atom. The summed E-state index contributed by atoms with van der Waals surface area (Å²) in [6.07, 6.45) is 3.83. The van der Waals surface area contributed by atoms with Crippen LogP contribution in [0.25, 0.3) is 0 Å². The highest BCUT2D eigenvalue weighted by atomic mass is 19.1. The van der Waals surface area contributed by atoms with E-state index in [1.54, 1.807) is 18.2 Å². The second-order valence-electron chi connectivity index (χ2n) is 8.23. The van der Waals surface area contributed by atoms with Crippen LogP contribution in [0.1, 0.15) is 63.4 Å². The van der Waals surface area contributed by atoms with Crippen molar-refractivity contribution in [2.45, 2.75) is 82.5 Å². The minimum absolute atomic E-state index is 0.0157. The topological polar surface area (TPSA) is 98.0 Å². The predicted molar refractivity (Wildman–Crippen MR) is 112 cm³/mol. The normalized spacial score (nSPS) is 24.3. The number of hydrogen-bond acceptors (Lipinski definition) is 4. The van der Waals surface area contributed by atoms with Crippen molar-refractivity contribution in [3.8, 4) is 11.8 Å². The van der Waals surface area contributed by atoms with Crippen molar-refractivity contribution in [3.63, 3.8) is 0 Å². The first kappa shape index (κ1) is 24.3. The number of carboxylic acids is 1.